The Morgan fingerprint density at radius 2 is 1.04 bits per heavy atom. The number of hydrogen-bond donors (Lipinski definition) is 0. The highest BCUT2D eigenvalue weighted by Crippen LogP contribution is 2.18. The molecule has 0 saturated heterocycles. The van der Waals surface area contributed by atoms with E-state index < -0.39 is 0 Å². The number of rotatable bonds is 13. The Labute approximate surface area is 155 Å². The van der Waals surface area contributed by atoms with Gasteiger partial charge in [-0.3, -0.25) is 0 Å². The average molecular weight is 337 g/mol. The van der Waals surface area contributed by atoms with Gasteiger partial charge in [0.25, 0.3) is 0 Å². The van der Waals surface area contributed by atoms with Crippen LogP contribution in [0.15, 0.2) is 54.6 Å². The fourth-order valence-corrected chi connectivity index (χ4v) is 3.59. The number of aryl methyl sites for hydroxylation is 1. The van der Waals surface area contributed by atoms with Crippen molar-refractivity contribution >= 4 is 0 Å². The molecule has 0 heterocycles. The molecule has 0 spiro atoms. The first kappa shape index (κ1) is 19.8. The van der Waals surface area contributed by atoms with Crippen molar-refractivity contribution < 1.29 is 0 Å². The summed E-state index contributed by atoms with van der Waals surface area (Å²) in [6, 6.07) is 19.8. The van der Waals surface area contributed by atoms with E-state index in [0.29, 0.717) is 0 Å². The van der Waals surface area contributed by atoms with Crippen LogP contribution in [0, 0.1) is 0 Å². The van der Waals surface area contributed by atoms with E-state index in [0.717, 1.165) is 6.42 Å². The van der Waals surface area contributed by atoms with Crippen LogP contribution < -0.4 is 0 Å². The molecular formula is C25H36. The third-order valence-electron chi connectivity index (χ3n) is 5.16. The van der Waals surface area contributed by atoms with Crippen LogP contribution in [0.2, 0.25) is 0 Å². The Bertz CT molecular complexity index is 555. The maximum atomic E-state index is 2.33. The number of unbranched alkanes of at least 4 members (excludes halogenated alkanes) is 9. The van der Waals surface area contributed by atoms with E-state index in [1.807, 2.05) is 0 Å². The second-order valence-electron chi connectivity index (χ2n) is 7.36. The van der Waals surface area contributed by atoms with Crippen LogP contribution in [0.1, 0.15) is 87.8 Å². The molecule has 0 bridgehead atoms. The molecule has 2 rings (SSSR count). The molecule has 0 aliphatic heterocycles. The van der Waals surface area contributed by atoms with Crippen molar-refractivity contribution in [3.63, 3.8) is 0 Å². The van der Waals surface area contributed by atoms with Crippen molar-refractivity contribution in [1.29, 1.82) is 0 Å². The van der Waals surface area contributed by atoms with Crippen molar-refractivity contribution in [2.45, 2.75) is 84.0 Å². The summed E-state index contributed by atoms with van der Waals surface area (Å²) in [4.78, 5) is 0. The molecule has 2 aromatic carbocycles. The lowest BCUT2D eigenvalue weighted by atomic mass is 9.96. The monoisotopic (exact) mass is 336 g/mol. The standard InChI is InChI=1S/C25H36/c1-2-3-4-5-6-7-8-9-10-14-19-24-20-15-16-21-25(24)22-23-17-12-11-13-18-23/h11-13,15-18,20-21H,2-10,14,19,22H2,1H3. The minimum Gasteiger partial charge on any atom is -0.0654 e. The van der Waals surface area contributed by atoms with Crippen molar-refractivity contribution in [2.24, 2.45) is 0 Å². The second-order valence-corrected chi connectivity index (χ2v) is 7.36. The van der Waals surface area contributed by atoms with E-state index in [1.165, 1.54) is 81.8 Å². The van der Waals surface area contributed by atoms with Crippen LogP contribution >= 0.6 is 0 Å². The van der Waals surface area contributed by atoms with Crippen LogP contribution in [0.25, 0.3) is 0 Å². The molecular weight excluding hydrogens is 300 g/mol. The zero-order valence-electron chi connectivity index (χ0n) is 16.2. The third-order valence-corrected chi connectivity index (χ3v) is 5.16. The van der Waals surface area contributed by atoms with Crippen molar-refractivity contribution in [3.05, 3.63) is 71.3 Å². The third kappa shape index (κ3) is 8.38. The lowest BCUT2D eigenvalue weighted by molar-refractivity contribution is 0.556. The normalized spacial score (nSPS) is 10.9. The Kier molecular flexibility index (Phi) is 10.1. The fraction of sp³-hybridized carbons (Fsp3) is 0.520. The topological polar surface area (TPSA) is 0 Å². The molecule has 0 N–H and O–H groups in total. The number of hydrogen-bond acceptors (Lipinski definition) is 0. The van der Waals surface area contributed by atoms with Crippen LogP contribution in [0.4, 0.5) is 0 Å². The van der Waals surface area contributed by atoms with Gasteiger partial charge in [-0.15, -0.1) is 0 Å². The molecule has 0 fully saturated rings. The predicted octanol–water partition coefficient (Wildman–Crippen LogP) is 7.74. The van der Waals surface area contributed by atoms with E-state index in [1.54, 1.807) is 5.56 Å². The average Bonchev–Trinajstić information content (AvgIpc) is 2.65. The first-order valence-electron chi connectivity index (χ1n) is 10.5. The van der Waals surface area contributed by atoms with Gasteiger partial charge in [0.05, 0.1) is 0 Å². The quantitative estimate of drug-likeness (QED) is 0.328. The van der Waals surface area contributed by atoms with E-state index in [9.17, 15) is 0 Å². The summed E-state index contributed by atoms with van der Waals surface area (Å²) in [5, 5.41) is 0. The predicted molar refractivity (Wildman–Crippen MR) is 111 cm³/mol. The largest absolute Gasteiger partial charge is 0.0654 e. The highest BCUT2D eigenvalue weighted by atomic mass is 14.1. The van der Waals surface area contributed by atoms with E-state index >= 15 is 0 Å². The van der Waals surface area contributed by atoms with Gasteiger partial charge >= 0.3 is 0 Å². The maximum Gasteiger partial charge on any atom is -0.00230 e. The van der Waals surface area contributed by atoms with Crippen LogP contribution in [0.5, 0.6) is 0 Å². The van der Waals surface area contributed by atoms with Crippen molar-refractivity contribution in [1.82, 2.24) is 0 Å². The molecule has 136 valence electrons. The SMILES string of the molecule is CCCCCCCCCCCCc1ccccc1Cc1ccccc1. The molecule has 0 aromatic heterocycles. The van der Waals surface area contributed by atoms with E-state index in [-0.39, 0.29) is 0 Å². The number of benzene rings is 2. The molecule has 0 unspecified atom stereocenters. The minimum absolute atomic E-state index is 1.06. The fourth-order valence-electron chi connectivity index (χ4n) is 3.59. The lowest BCUT2D eigenvalue weighted by Crippen LogP contribution is -1.96. The van der Waals surface area contributed by atoms with Crippen molar-refractivity contribution in [2.75, 3.05) is 0 Å². The maximum absolute atomic E-state index is 2.33. The molecule has 25 heavy (non-hydrogen) atoms. The van der Waals surface area contributed by atoms with Crippen LogP contribution in [-0.2, 0) is 12.8 Å². The minimum atomic E-state index is 1.06. The summed E-state index contributed by atoms with van der Waals surface area (Å²) in [5.41, 5.74) is 4.47. The summed E-state index contributed by atoms with van der Waals surface area (Å²) in [5.74, 6) is 0. The summed E-state index contributed by atoms with van der Waals surface area (Å²) >= 11 is 0. The molecule has 0 radical (unpaired) electrons. The van der Waals surface area contributed by atoms with E-state index in [2.05, 4.69) is 61.5 Å². The molecule has 0 nitrogen and oxygen atoms in total. The van der Waals surface area contributed by atoms with Crippen LogP contribution in [0.3, 0.4) is 0 Å². The van der Waals surface area contributed by atoms with Gasteiger partial charge in [-0.1, -0.05) is 119 Å². The highest BCUT2D eigenvalue weighted by Gasteiger charge is 2.03. The van der Waals surface area contributed by atoms with Gasteiger partial charge in [-0.2, -0.15) is 0 Å². The van der Waals surface area contributed by atoms with Crippen LogP contribution in [-0.4, -0.2) is 0 Å². The molecule has 0 heteroatoms. The summed E-state index contributed by atoms with van der Waals surface area (Å²) in [7, 11) is 0. The molecule has 0 atom stereocenters. The second kappa shape index (κ2) is 12.8. The van der Waals surface area contributed by atoms with Gasteiger partial charge in [0.1, 0.15) is 0 Å². The van der Waals surface area contributed by atoms with E-state index in [4.69, 9.17) is 0 Å². The Morgan fingerprint density at radius 1 is 0.520 bits per heavy atom. The first-order chi connectivity index (χ1) is 12.4. The molecule has 0 saturated carbocycles. The molecule has 0 aliphatic carbocycles. The summed E-state index contributed by atoms with van der Waals surface area (Å²) in [6.45, 7) is 2.29. The Hall–Kier alpha value is -1.56. The molecule has 2 aromatic rings. The zero-order valence-corrected chi connectivity index (χ0v) is 16.2. The smallest absolute Gasteiger partial charge is 0.00230 e. The van der Waals surface area contributed by atoms with Gasteiger partial charge in [-0.05, 0) is 36.0 Å². The lowest BCUT2D eigenvalue weighted by Gasteiger charge is -2.10. The molecule has 0 aliphatic rings. The Morgan fingerprint density at radius 3 is 1.68 bits per heavy atom. The molecule has 0 amide bonds. The Balaban J connectivity index is 1.63. The van der Waals surface area contributed by atoms with Gasteiger partial charge in [-0.25, -0.2) is 0 Å². The van der Waals surface area contributed by atoms with Gasteiger partial charge in [0.15, 0.2) is 0 Å². The van der Waals surface area contributed by atoms with Gasteiger partial charge in [0.2, 0.25) is 0 Å². The van der Waals surface area contributed by atoms with Crippen molar-refractivity contribution in [3.8, 4) is 0 Å². The first-order valence-corrected chi connectivity index (χ1v) is 10.5. The highest BCUT2D eigenvalue weighted by molar-refractivity contribution is 5.32. The summed E-state index contributed by atoms with van der Waals surface area (Å²) < 4.78 is 0. The van der Waals surface area contributed by atoms with Gasteiger partial charge in [0, 0.05) is 0 Å². The zero-order chi connectivity index (χ0) is 17.6. The summed E-state index contributed by atoms with van der Waals surface area (Å²) in [6.07, 6.45) is 16.4. The van der Waals surface area contributed by atoms with Gasteiger partial charge < -0.3 is 0 Å².